The molecule has 2 unspecified atom stereocenters. The van der Waals surface area contributed by atoms with E-state index in [2.05, 4.69) is 24.3 Å². The summed E-state index contributed by atoms with van der Waals surface area (Å²) >= 11 is 1.77. The van der Waals surface area contributed by atoms with Gasteiger partial charge in [-0.15, -0.1) is 11.8 Å². The number of rotatable bonds is 4. The Morgan fingerprint density at radius 3 is 2.25 bits per heavy atom. The molecule has 0 bridgehead atoms. The van der Waals surface area contributed by atoms with Crippen molar-refractivity contribution >= 4 is 17.7 Å². The fraction of sp³-hybridized carbons (Fsp3) is 0.235. The summed E-state index contributed by atoms with van der Waals surface area (Å²) in [5.74, 6) is 0.353. The number of carbonyl (C=O) groups is 1. The van der Waals surface area contributed by atoms with Crippen LogP contribution in [0.4, 0.5) is 0 Å². The van der Waals surface area contributed by atoms with Gasteiger partial charge >= 0.3 is 0 Å². The van der Waals surface area contributed by atoms with E-state index in [4.69, 9.17) is 0 Å². The van der Waals surface area contributed by atoms with Crippen molar-refractivity contribution in [1.82, 2.24) is 4.90 Å². The monoisotopic (exact) mass is 283 g/mol. The normalized spacial score (nSPS) is 21.6. The molecule has 0 radical (unpaired) electrons. The Balaban J connectivity index is 1.71. The van der Waals surface area contributed by atoms with Gasteiger partial charge in [-0.1, -0.05) is 55.5 Å². The number of likely N-dealkylation sites (tertiary alicyclic amines) is 1. The van der Waals surface area contributed by atoms with Gasteiger partial charge in [0.05, 0.1) is 11.3 Å². The highest BCUT2D eigenvalue weighted by molar-refractivity contribution is 8.00. The SMILES string of the molecule is CC1C(=O)N(Cc2ccccc2)C1Sc1ccccc1. The summed E-state index contributed by atoms with van der Waals surface area (Å²) in [7, 11) is 0. The second-order valence-corrected chi connectivity index (χ2v) is 6.25. The second-order valence-electron chi connectivity index (χ2n) is 5.06. The van der Waals surface area contributed by atoms with Crippen LogP contribution in [0, 0.1) is 5.92 Å². The lowest BCUT2D eigenvalue weighted by molar-refractivity contribution is -0.149. The number of β-lactam (4-membered cyclic amide) rings is 1. The van der Waals surface area contributed by atoms with Crippen LogP contribution < -0.4 is 0 Å². The third-order valence-corrected chi connectivity index (χ3v) is 5.05. The van der Waals surface area contributed by atoms with Gasteiger partial charge in [0, 0.05) is 11.4 Å². The van der Waals surface area contributed by atoms with Crippen LogP contribution in [0.5, 0.6) is 0 Å². The van der Waals surface area contributed by atoms with Crippen LogP contribution in [0.2, 0.25) is 0 Å². The Kier molecular flexibility index (Phi) is 3.79. The van der Waals surface area contributed by atoms with Crippen LogP contribution in [0.3, 0.4) is 0 Å². The molecule has 1 fully saturated rings. The highest BCUT2D eigenvalue weighted by atomic mass is 32.2. The molecule has 3 rings (SSSR count). The molecule has 2 atom stereocenters. The summed E-state index contributed by atoms with van der Waals surface area (Å²) in [4.78, 5) is 15.3. The van der Waals surface area contributed by atoms with E-state index in [-0.39, 0.29) is 17.2 Å². The predicted octanol–water partition coefficient (Wildman–Crippen LogP) is 3.78. The molecule has 3 heteroatoms. The fourth-order valence-electron chi connectivity index (χ4n) is 2.45. The molecule has 1 heterocycles. The molecule has 1 aliphatic heterocycles. The molecule has 0 N–H and O–H groups in total. The number of amides is 1. The first-order valence-electron chi connectivity index (χ1n) is 6.82. The Labute approximate surface area is 123 Å². The van der Waals surface area contributed by atoms with Crippen LogP contribution in [-0.4, -0.2) is 16.2 Å². The molecule has 2 aromatic rings. The molecule has 0 spiro atoms. The molecule has 0 aromatic heterocycles. The zero-order chi connectivity index (χ0) is 13.9. The van der Waals surface area contributed by atoms with Gasteiger partial charge in [-0.05, 0) is 17.7 Å². The standard InChI is InChI=1S/C17H17NOS/c1-13-16(19)18(12-14-8-4-2-5-9-14)17(13)20-15-10-6-3-7-11-15/h2-11,13,17H,12H2,1H3. The smallest absolute Gasteiger partial charge is 0.229 e. The lowest BCUT2D eigenvalue weighted by Gasteiger charge is -2.45. The minimum Gasteiger partial charge on any atom is -0.325 e. The maximum Gasteiger partial charge on any atom is 0.229 e. The van der Waals surface area contributed by atoms with Gasteiger partial charge in [-0.25, -0.2) is 0 Å². The van der Waals surface area contributed by atoms with Crippen molar-refractivity contribution in [2.24, 2.45) is 5.92 Å². The van der Waals surface area contributed by atoms with Gasteiger partial charge in [0.15, 0.2) is 0 Å². The van der Waals surface area contributed by atoms with Crippen LogP contribution in [0.15, 0.2) is 65.6 Å². The summed E-state index contributed by atoms with van der Waals surface area (Å²) in [5, 5.41) is 0.241. The first-order valence-corrected chi connectivity index (χ1v) is 7.70. The highest BCUT2D eigenvalue weighted by Gasteiger charge is 2.44. The quantitative estimate of drug-likeness (QED) is 0.796. The number of thioether (sulfide) groups is 1. The molecule has 1 saturated heterocycles. The Hall–Kier alpha value is -1.74. The van der Waals surface area contributed by atoms with E-state index in [1.54, 1.807) is 11.8 Å². The Bertz CT molecular complexity index is 584. The largest absolute Gasteiger partial charge is 0.325 e. The fourth-order valence-corrected chi connectivity index (χ4v) is 3.67. The number of benzene rings is 2. The van der Waals surface area contributed by atoms with Crippen molar-refractivity contribution in [1.29, 1.82) is 0 Å². The average Bonchev–Trinajstić information content (AvgIpc) is 2.52. The second kappa shape index (κ2) is 5.71. The molecular weight excluding hydrogens is 266 g/mol. The maximum atomic E-state index is 12.1. The lowest BCUT2D eigenvalue weighted by atomic mass is 10.00. The van der Waals surface area contributed by atoms with E-state index < -0.39 is 0 Å². The van der Waals surface area contributed by atoms with Gasteiger partial charge in [-0.3, -0.25) is 4.79 Å². The highest BCUT2D eigenvalue weighted by Crippen LogP contribution is 2.39. The first kappa shape index (κ1) is 13.3. The van der Waals surface area contributed by atoms with E-state index in [0.717, 1.165) is 0 Å². The molecule has 1 aliphatic rings. The average molecular weight is 283 g/mol. The van der Waals surface area contributed by atoms with Crippen molar-refractivity contribution in [3.05, 3.63) is 66.2 Å². The van der Waals surface area contributed by atoms with Gasteiger partial charge < -0.3 is 4.90 Å². The Morgan fingerprint density at radius 2 is 1.60 bits per heavy atom. The topological polar surface area (TPSA) is 20.3 Å². The number of hydrogen-bond acceptors (Lipinski definition) is 2. The molecule has 0 aliphatic carbocycles. The third-order valence-electron chi connectivity index (χ3n) is 3.60. The lowest BCUT2D eigenvalue weighted by Crippen LogP contribution is -2.57. The molecule has 20 heavy (non-hydrogen) atoms. The summed E-state index contributed by atoms with van der Waals surface area (Å²) < 4.78 is 0. The minimum absolute atomic E-state index is 0.101. The molecule has 2 nitrogen and oxygen atoms in total. The van der Waals surface area contributed by atoms with Crippen molar-refractivity contribution in [3.8, 4) is 0 Å². The van der Waals surface area contributed by atoms with Gasteiger partial charge in [0.2, 0.25) is 5.91 Å². The number of carbonyl (C=O) groups excluding carboxylic acids is 1. The van der Waals surface area contributed by atoms with Crippen molar-refractivity contribution in [2.45, 2.75) is 23.7 Å². The van der Waals surface area contributed by atoms with Gasteiger partial charge in [0.1, 0.15) is 0 Å². The van der Waals surface area contributed by atoms with Crippen molar-refractivity contribution in [3.63, 3.8) is 0 Å². The number of hydrogen-bond donors (Lipinski definition) is 0. The predicted molar refractivity (Wildman–Crippen MR) is 82.2 cm³/mol. The van der Waals surface area contributed by atoms with E-state index in [9.17, 15) is 4.79 Å². The third kappa shape index (κ3) is 2.59. The summed E-state index contributed by atoms with van der Waals surface area (Å²) in [6.07, 6.45) is 0. The number of nitrogens with zero attached hydrogens (tertiary/aromatic N) is 1. The van der Waals surface area contributed by atoms with Crippen molar-refractivity contribution in [2.75, 3.05) is 0 Å². The molecule has 2 aromatic carbocycles. The summed E-state index contributed by atoms with van der Waals surface area (Å²) in [6.45, 7) is 2.72. The minimum atomic E-state index is 0.101. The van der Waals surface area contributed by atoms with Crippen LogP contribution in [0.1, 0.15) is 12.5 Å². The van der Waals surface area contributed by atoms with Gasteiger partial charge in [0.25, 0.3) is 0 Å². The van der Waals surface area contributed by atoms with Crippen LogP contribution >= 0.6 is 11.8 Å². The molecule has 0 saturated carbocycles. The summed E-state index contributed by atoms with van der Waals surface area (Å²) in [6, 6.07) is 20.5. The van der Waals surface area contributed by atoms with Gasteiger partial charge in [-0.2, -0.15) is 0 Å². The van der Waals surface area contributed by atoms with E-state index >= 15 is 0 Å². The van der Waals surface area contributed by atoms with E-state index in [0.29, 0.717) is 6.54 Å². The molecule has 102 valence electrons. The first-order chi connectivity index (χ1) is 9.75. The summed E-state index contributed by atoms with van der Waals surface area (Å²) in [5.41, 5.74) is 1.19. The van der Waals surface area contributed by atoms with Crippen LogP contribution in [-0.2, 0) is 11.3 Å². The molecule has 1 amide bonds. The van der Waals surface area contributed by atoms with Crippen LogP contribution in [0.25, 0.3) is 0 Å². The zero-order valence-corrected chi connectivity index (χ0v) is 12.2. The Morgan fingerprint density at radius 1 is 1.00 bits per heavy atom. The zero-order valence-electron chi connectivity index (χ0n) is 11.4. The van der Waals surface area contributed by atoms with E-state index in [1.807, 2.05) is 48.2 Å². The maximum absolute atomic E-state index is 12.1. The molecular formula is C17H17NOS. The van der Waals surface area contributed by atoms with Crippen molar-refractivity contribution < 1.29 is 4.79 Å². The van der Waals surface area contributed by atoms with E-state index in [1.165, 1.54) is 10.5 Å².